The van der Waals surface area contributed by atoms with Crippen LogP contribution in [0.2, 0.25) is 0 Å². The number of carbonyl (C=O) groups excluding carboxylic acids is 1. The lowest BCUT2D eigenvalue weighted by Crippen LogP contribution is -2.32. The highest BCUT2D eigenvalue weighted by Crippen LogP contribution is 2.29. The van der Waals surface area contributed by atoms with E-state index >= 15 is 0 Å². The van der Waals surface area contributed by atoms with Gasteiger partial charge in [0.1, 0.15) is 0 Å². The quantitative estimate of drug-likeness (QED) is 0.789. The maximum absolute atomic E-state index is 12.8. The Morgan fingerprint density at radius 3 is 2.64 bits per heavy atom. The molecule has 0 aliphatic carbocycles. The normalized spacial score (nSPS) is 12.4. The topological polar surface area (TPSA) is 59.8 Å². The van der Waals surface area contributed by atoms with E-state index in [1.807, 2.05) is 62.8 Å². The third-order valence-corrected chi connectivity index (χ3v) is 4.72. The molecule has 130 valence electrons. The van der Waals surface area contributed by atoms with Gasteiger partial charge in [0.2, 0.25) is 0 Å². The molecule has 5 heteroatoms. The number of nitrogens with zero attached hydrogens (tertiary/aromatic N) is 3. The van der Waals surface area contributed by atoms with E-state index in [2.05, 4.69) is 17.3 Å². The average molecular weight is 336 g/mol. The molecule has 2 aromatic heterocycles. The van der Waals surface area contributed by atoms with Crippen molar-refractivity contribution in [3.8, 4) is 11.3 Å². The summed E-state index contributed by atoms with van der Waals surface area (Å²) >= 11 is 0. The molecule has 1 amide bonds. The van der Waals surface area contributed by atoms with Crippen molar-refractivity contribution in [2.24, 2.45) is 7.05 Å². The summed E-state index contributed by atoms with van der Waals surface area (Å²) < 4.78 is 1.85. The Morgan fingerprint density at radius 2 is 2.00 bits per heavy atom. The van der Waals surface area contributed by atoms with Gasteiger partial charge < -0.3 is 5.32 Å². The number of pyridine rings is 1. The third kappa shape index (κ3) is 3.14. The fraction of sp³-hybridized carbons (Fsp3) is 0.350. The van der Waals surface area contributed by atoms with E-state index in [9.17, 15) is 4.79 Å². The summed E-state index contributed by atoms with van der Waals surface area (Å²) in [5.74, 6) is -0.0617. The number of nitrogens with one attached hydrogen (secondary N) is 1. The van der Waals surface area contributed by atoms with Crippen LogP contribution in [-0.2, 0) is 7.05 Å². The van der Waals surface area contributed by atoms with Gasteiger partial charge in [-0.1, -0.05) is 25.1 Å². The minimum absolute atomic E-state index is 0.0617. The van der Waals surface area contributed by atoms with Crippen LogP contribution in [0.25, 0.3) is 22.2 Å². The highest BCUT2D eigenvalue weighted by Gasteiger charge is 2.18. The van der Waals surface area contributed by atoms with E-state index in [1.54, 1.807) is 0 Å². The van der Waals surface area contributed by atoms with Crippen LogP contribution in [0.4, 0.5) is 0 Å². The molecule has 0 aliphatic rings. The van der Waals surface area contributed by atoms with Gasteiger partial charge in [-0.25, -0.2) is 4.98 Å². The lowest BCUT2D eigenvalue weighted by molar-refractivity contribution is 0.0941. The first-order valence-corrected chi connectivity index (χ1v) is 8.63. The SMILES string of the molecule is CCC(C)NC(=O)c1cc(-c2c(C)nn(C)c2C)nc2ccccc12. The minimum Gasteiger partial charge on any atom is -0.350 e. The van der Waals surface area contributed by atoms with E-state index in [1.165, 1.54) is 0 Å². The highest BCUT2D eigenvalue weighted by atomic mass is 16.1. The van der Waals surface area contributed by atoms with Gasteiger partial charge in [-0.05, 0) is 39.3 Å². The standard InChI is InChI=1S/C20H24N4O/c1-6-12(2)21-20(25)16-11-18(19-13(3)23-24(5)14(19)4)22-17-10-8-7-9-15(16)17/h7-12H,6H2,1-5H3,(H,21,25). The maximum Gasteiger partial charge on any atom is 0.252 e. The Labute approximate surface area is 148 Å². The third-order valence-electron chi connectivity index (χ3n) is 4.72. The van der Waals surface area contributed by atoms with Gasteiger partial charge in [-0.3, -0.25) is 9.48 Å². The minimum atomic E-state index is -0.0617. The second-order valence-corrected chi connectivity index (χ2v) is 6.52. The summed E-state index contributed by atoms with van der Waals surface area (Å²) in [4.78, 5) is 17.6. The summed E-state index contributed by atoms with van der Waals surface area (Å²) in [5, 5.41) is 8.41. The lowest BCUT2D eigenvalue weighted by atomic mass is 10.0. The Kier molecular flexibility index (Phi) is 4.57. The molecule has 5 nitrogen and oxygen atoms in total. The number of benzene rings is 1. The maximum atomic E-state index is 12.8. The number of aromatic nitrogens is 3. The first-order chi connectivity index (χ1) is 11.9. The lowest BCUT2D eigenvalue weighted by Gasteiger charge is -2.14. The van der Waals surface area contributed by atoms with Gasteiger partial charge in [0.05, 0.1) is 22.5 Å². The molecule has 0 saturated heterocycles. The zero-order chi connectivity index (χ0) is 18.1. The largest absolute Gasteiger partial charge is 0.350 e. The molecule has 0 bridgehead atoms. The molecule has 1 N–H and O–H groups in total. The first-order valence-electron chi connectivity index (χ1n) is 8.63. The van der Waals surface area contributed by atoms with Gasteiger partial charge in [0, 0.05) is 29.7 Å². The van der Waals surface area contributed by atoms with E-state index < -0.39 is 0 Å². The van der Waals surface area contributed by atoms with Crippen LogP contribution in [0.5, 0.6) is 0 Å². The van der Waals surface area contributed by atoms with Gasteiger partial charge >= 0.3 is 0 Å². The van der Waals surface area contributed by atoms with Gasteiger partial charge in [-0.15, -0.1) is 0 Å². The molecule has 0 radical (unpaired) electrons. The summed E-state index contributed by atoms with van der Waals surface area (Å²) in [5.41, 5.74) is 5.20. The number of rotatable bonds is 4. The zero-order valence-corrected chi connectivity index (χ0v) is 15.4. The molecule has 0 fully saturated rings. The van der Waals surface area contributed by atoms with Crippen molar-refractivity contribution in [3.63, 3.8) is 0 Å². The molecule has 0 spiro atoms. The van der Waals surface area contributed by atoms with Crippen LogP contribution in [0, 0.1) is 13.8 Å². The molecular weight excluding hydrogens is 312 g/mol. The average Bonchev–Trinajstić information content (AvgIpc) is 2.85. The van der Waals surface area contributed by atoms with Crippen LogP contribution in [-0.4, -0.2) is 26.7 Å². The molecule has 0 saturated carbocycles. The summed E-state index contributed by atoms with van der Waals surface area (Å²) in [7, 11) is 1.92. The number of hydrogen-bond acceptors (Lipinski definition) is 3. The molecular formula is C20H24N4O. The van der Waals surface area contributed by atoms with Crippen LogP contribution in [0.15, 0.2) is 30.3 Å². The molecule has 3 rings (SSSR count). The summed E-state index contributed by atoms with van der Waals surface area (Å²) in [6.07, 6.45) is 0.891. The van der Waals surface area contributed by atoms with Crippen molar-refractivity contribution in [1.82, 2.24) is 20.1 Å². The predicted octanol–water partition coefficient (Wildman–Crippen LogP) is 3.78. The molecule has 25 heavy (non-hydrogen) atoms. The Morgan fingerprint density at radius 1 is 1.28 bits per heavy atom. The van der Waals surface area contributed by atoms with Crippen molar-refractivity contribution in [2.45, 2.75) is 40.2 Å². The summed E-state index contributed by atoms with van der Waals surface area (Å²) in [6.45, 7) is 8.06. The van der Waals surface area contributed by atoms with Crippen molar-refractivity contribution in [3.05, 3.63) is 47.3 Å². The van der Waals surface area contributed by atoms with E-state index in [0.717, 1.165) is 40.0 Å². The highest BCUT2D eigenvalue weighted by molar-refractivity contribution is 6.07. The van der Waals surface area contributed by atoms with Crippen molar-refractivity contribution < 1.29 is 4.79 Å². The van der Waals surface area contributed by atoms with Crippen LogP contribution in [0.3, 0.4) is 0 Å². The summed E-state index contributed by atoms with van der Waals surface area (Å²) in [6, 6.07) is 9.78. The van der Waals surface area contributed by atoms with Crippen LogP contribution in [0.1, 0.15) is 42.0 Å². The molecule has 3 aromatic rings. The predicted molar refractivity (Wildman–Crippen MR) is 101 cm³/mol. The molecule has 0 aliphatic heterocycles. The molecule has 1 unspecified atom stereocenters. The van der Waals surface area contributed by atoms with Gasteiger partial charge in [0.15, 0.2) is 0 Å². The van der Waals surface area contributed by atoms with Gasteiger partial charge in [-0.2, -0.15) is 5.10 Å². The number of carbonyl (C=O) groups is 1. The Hall–Kier alpha value is -2.69. The number of hydrogen-bond donors (Lipinski definition) is 1. The molecule has 2 heterocycles. The second kappa shape index (κ2) is 6.67. The number of aryl methyl sites for hydroxylation is 2. The van der Waals surface area contributed by atoms with Gasteiger partial charge in [0.25, 0.3) is 5.91 Å². The zero-order valence-electron chi connectivity index (χ0n) is 15.4. The Balaban J connectivity index is 2.21. The monoisotopic (exact) mass is 336 g/mol. The first kappa shape index (κ1) is 17.1. The smallest absolute Gasteiger partial charge is 0.252 e. The van der Waals surface area contributed by atoms with E-state index in [-0.39, 0.29) is 11.9 Å². The van der Waals surface area contributed by atoms with E-state index in [0.29, 0.717) is 5.56 Å². The fourth-order valence-corrected chi connectivity index (χ4v) is 3.04. The van der Waals surface area contributed by atoms with Crippen molar-refractivity contribution in [2.75, 3.05) is 0 Å². The second-order valence-electron chi connectivity index (χ2n) is 6.52. The number of para-hydroxylation sites is 1. The van der Waals surface area contributed by atoms with Crippen molar-refractivity contribution >= 4 is 16.8 Å². The Bertz CT molecular complexity index is 942. The van der Waals surface area contributed by atoms with Crippen LogP contribution >= 0.6 is 0 Å². The van der Waals surface area contributed by atoms with Crippen LogP contribution < -0.4 is 5.32 Å². The number of fused-ring (bicyclic) bond motifs is 1. The van der Waals surface area contributed by atoms with Crippen molar-refractivity contribution in [1.29, 1.82) is 0 Å². The van der Waals surface area contributed by atoms with E-state index in [4.69, 9.17) is 4.98 Å². The molecule has 1 aromatic carbocycles. The molecule has 1 atom stereocenters. The number of amides is 1. The fourth-order valence-electron chi connectivity index (χ4n) is 3.04.